The van der Waals surface area contributed by atoms with Gasteiger partial charge in [-0.1, -0.05) is 6.07 Å². The lowest BCUT2D eigenvalue weighted by molar-refractivity contribution is 0.0745. The second-order valence-corrected chi connectivity index (χ2v) is 6.45. The Morgan fingerprint density at radius 2 is 1.75 bits per heavy atom. The highest BCUT2D eigenvalue weighted by atomic mass is 16.1. The van der Waals surface area contributed by atoms with Gasteiger partial charge >= 0.3 is 0 Å². The molecule has 2 atom stereocenters. The molecule has 1 N–H and O–H groups in total. The van der Waals surface area contributed by atoms with Gasteiger partial charge in [-0.15, -0.1) is 0 Å². The maximum Gasteiger partial charge on any atom is 0.251 e. The molecule has 3 heterocycles. The van der Waals surface area contributed by atoms with Crippen molar-refractivity contribution in [1.82, 2.24) is 24.8 Å². The predicted octanol–water partition coefficient (Wildman–Crippen LogP) is 1.91. The van der Waals surface area contributed by atoms with E-state index in [-0.39, 0.29) is 11.6 Å². The summed E-state index contributed by atoms with van der Waals surface area (Å²) in [5.74, 6) is 0.756. The molecule has 0 bridgehead atoms. The summed E-state index contributed by atoms with van der Waals surface area (Å²) < 4.78 is 0. The zero-order chi connectivity index (χ0) is 17.1. The summed E-state index contributed by atoms with van der Waals surface area (Å²) in [4.78, 5) is 28.3. The van der Waals surface area contributed by atoms with Gasteiger partial charge in [0.25, 0.3) is 5.56 Å². The molecule has 1 fully saturated rings. The lowest BCUT2D eigenvalue weighted by Crippen LogP contribution is -2.48. The predicted molar refractivity (Wildman–Crippen MR) is 93.8 cm³/mol. The fourth-order valence-electron chi connectivity index (χ4n) is 3.30. The zero-order valence-electron chi connectivity index (χ0n) is 14.6. The number of piperazine rings is 1. The van der Waals surface area contributed by atoms with Gasteiger partial charge < -0.3 is 4.98 Å². The number of aromatic amines is 1. The molecular formula is C18H25N5O. The van der Waals surface area contributed by atoms with Gasteiger partial charge in [0.2, 0.25) is 0 Å². The molecule has 1 saturated heterocycles. The Balaban J connectivity index is 1.63. The van der Waals surface area contributed by atoms with Crippen LogP contribution >= 0.6 is 0 Å². The standard InChI is InChI=1S/C18H25N5O/c1-13-12-17(24)21-18(20-13)15(3)23-10-8-22(9-11-23)14(2)16-6-4-5-7-19-16/h4-7,12,14-15H,8-11H2,1-3H3,(H,20,21,24)/t14-,15+/m1/s1. The van der Waals surface area contributed by atoms with Crippen LogP contribution in [0.2, 0.25) is 0 Å². The minimum Gasteiger partial charge on any atom is -0.309 e. The molecule has 1 aliphatic heterocycles. The monoisotopic (exact) mass is 327 g/mol. The Labute approximate surface area is 142 Å². The molecule has 0 aromatic carbocycles. The minimum absolute atomic E-state index is 0.0771. The van der Waals surface area contributed by atoms with E-state index < -0.39 is 0 Å². The first-order valence-corrected chi connectivity index (χ1v) is 8.51. The molecule has 0 radical (unpaired) electrons. The maximum atomic E-state index is 11.7. The van der Waals surface area contributed by atoms with Gasteiger partial charge in [-0.25, -0.2) is 4.98 Å². The Bertz CT molecular complexity index is 722. The van der Waals surface area contributed by atoms with Crippen molar-refractivity contribution in [3.05, 3.63) is 58.0 Å². The summed E-state index contributed by atoms with van der Waals surface area (Å²) in [5.41, 5.74) is 1.80. The van der Waals surface area contributed by atoms with Crippen molar-refractivity contribution in [2.45, 2.75) is 32.9 Å². The van der Waals surface area contributed by atoms with Crippen molar-refractivity contribution in [2.24, 2.45) is 0 Å². The summed E-state index contributed by atoms with van der Waals surface area (Å²) in [6.45, 7) is 10.1. The number of pyridine rings is 1. The Morgan fingerprint density at radius 1 is 1.08 bits per heavy atom. The van der Waals surface area contributed by atoms with Crippen LogP contribution in [0.15, 0.2) is 35.3 Å². The Kier molecular flexibility index (Phi) is 5.06. The van der Waals surface area contributed by atoms with Crippen molar-refractivity contribution >= 4 is 0 Å². The van der Waals surface area contributed by atoms with Gasteiger partial charge in [0.1, 0.15) is 5.82 Å². The number of hydrogen-bond donors (Lipinski definition) is 1. The topological polar surface area (TPSA) is 65.1 Å². The summed E-state index contributed by atoms with van der Waals surface area (Å²) in [7, 11) is 0. The van der Waals surface area contributed by atoms with E-state index in [0.717, 1.165) is 43.4 Å². The number of H-pyrrole nitrogens is 1. The SMILES string of the molecule is Cc1cc(=O)[nH]c([C@H](C)N2CCN([C@H](C)c3ccccn3)CC2)n1. The van der Waals surface area contributed by atoms with Crippen LogP contribution in [-0.4, -0.2) is 50.9 Å². The van der Waals surface area contributed by atoms with Crippen molar-refractivity contribution < 1.29 is 0 Å². The van der Waals surface area contributed by atoms with E-state index in [1.165, 1.54) is 6.07 Å². The molecule has 0 spiro atoms. The first-order chi connectivity index (χ1) is 11.5. The molecule has 128 valence electrons. The number of rotatable bonds is 4. The van der Waals surface area contributed by atoms with Crippen LogP contribution in [-0.2, 0) is 0 Å². The van der Waals surface area contributed by atoms with E-state index >= 15 is 0 Å². The summed E-state index contributed by atoms with van der Waals surface area (Å²) in [6, 6.07) is 8.04. The van der Waals surface area contributed by atoms with E-state index in [2.05, 4.69) is 44.7 Å². The third-order valence-corrected chi connectivity index (χ3v) is 4.84. The third kappa shape index (κ3) is 3.71. The number of nitrogens with zero attached hydrogens (tertiary/aromatic N) is 4. The fraction of sp³-hybridized carbons (Fsp3) is 0.500. The molecular weight excluding hydrogens is 302 g/mol. The van der Waals surface area contributed by atoms with E-state index in [1.54, 1.807) is 0 Å². The molecule has 24 heavy (non-hydrogen) atoms. The van der Waals surface area contributed by atoms with Gasteiger partial charge in [0.05, 0.1) is 11.7 Å². The second-order valence-electron chi connectivity index (χ2n) is 6.45. The van der Waals surface area contributed by atoms with Crippen molar-refractivity contribution in [3.63, 3.8) is 0 Å². The number of nitrogens with one attached hydrogen (secondary N) is 1. The number of aryl methyl sites for hydroxylation is 1. The maximum absolute atomic E-state index is 11.7. The highest BCUT2D eigenvalue weighted by molar-refractivity contribution is 5.09. The normalized spacial score (nSPS) is 19.1. The van der Waals surface area contributed by atoms with E-state index in [4.69, 9.17) is 0 Å². The van der Waals surface area contributed by atoms with E-state index in [9.17, 15) is 4.79 Å². The van der Waals surface area contributed by atoms with Crippen LogP contribution in [0.3, 0.4) is 0 Å². The van der Waals surface area contributed by atoms with Gasteiger partial charge in [0, 0.05) is 50.2 Å². The van der Waals surface area contributed by atoms with Crippen LogP contribution in [0.1, 0.15) is 43.1 Å². The summed E-state index contributed by atoms with van der Waals surface area (Å²) in [5, 5.41) is 0. The Hall–Kier alpha value is -2.05. The fourth-order valence-corrected chi connectivity index (χ4v) is 3.30. The molecule has 0 unspecified atom stereocenters. The smallest absolute Gasteiger partial charge is 0.251 e. The molecule has 6 heteroatoms. The molecule has 0 aliphatic carbocycles. The van der Waals surface area contributed by atoms with Crippen LogP contribution in [0, 0.1) is 6.92 Å². The molecule has 3 rings (SSSR count). The second kappa shape index (κ2) is 7.23. The summed E-state index contributed by atoms with van der Waals surface area (Å²) in [6.07, 6.45) is 1.85. The summed E-state index contributed by atoms with van der Waals surface area (Å²) >= 11 is 0. The average Bonchev–Trinajstić information content (AvgIpc) is 2.60. The molecule has 0 saturated carbocycles. The van der Waals surface area contributed by atoms with E-state index in [0.29, 0.717) is 6.04 Å². The third-order valence-electron chi connectivity index (χ3n) is 4.84. The number of aromatic nitrogens is 3. The quantitative estimate of drug-likeness (QED) is 0.929. The van der Waals surface area contributed by atoms with Gasteiger partial charge in [-0.2, -0.15) is 0 Å². The first-order valence-electron chi connectivity index (χ1n) is 8.51. The highest BCUT2D eigenvalue weighted by Gasteiger charge is 2.26. The van der Waals surface area contributed by atoms with Crippen molar-refractivity contribution in [3.8, 4) is 0 Å². The van der Waals surface area contributed by atoms with E-state index in [1.807, 2.05) is 25.3 Å². The highest BCUT2D eigenvalue weighted by Crippen LogP contribution is 2.23. The molecule has 2 aromatic heterocycles. The van der Waals surface area contributed by atoms with Gasteiger partial charge in [-0.3, -0.25) is 19.6 Å². The first kappa shape index (κ1) is 16.8. The molecule has 6 nitrogen and oxygen atoms in total. The minimum atomic E-state index is -0.0771. The zero-order valence-corrected chi connectivity index (χ0v) is 14.6. The Morgan fingerprint density at radius 3 is 2.33 bits per heavy atom. The molecule has 2 aromatic rings. The van der Waals surface area contributed by atoms with Crippen LogP contribution in [0.4, 0.5) is 0 Å². The number of hydrogen-bond acceptors (Lipinski definition) is 5. The van der Waals surface area contributed by atoms with Gasteiger partial charge in [0.15, 0.2) is 0 Å². The van der Waals surface area contributed by atoms with Crippen molar-refractivity contribution in [2.75, 3.05) is 26.2 Å². The van der Waals surface area contributed by atoms with Crippen molar-refractivity contribution in [1.29, 1.82) is 0 Å². The van der Waals surface area contributed by atoms with Gasteiger partial charge in [-0.05, 0) is 32.9 Å². The lowest BCUT2D eigenvalue weighted by Gasteiger charge is -2.40. The largest absolute Gasteiger partial charge is 0.309 e. The lowest BCUT2D eigenvalue weighted by atomic mass is 10.1. The van der Waals surface area contributed by atoms with Crippen LogP contribution in [0.25, 0.3) is 0 Å². The average molecular weight is 327 g/mol. The van der Waals surface area contributed by atoms with Crippen LogP contribution in [0.5, 0.6) is 0 Å². The molecule has 0 amide bonds. The van der Waals surface area contributed by atoms with Crippen LogP contribution < -0.4 is 5.56 Å². The molecule has 1 aliphatic rings.